The number of hydrogen-bond donors (Lipinski definition) is 3. The Balaban J connectivity index is 1.61. The molecule has 0 aliphatic heterocycles. The van der Waals surface area contributed by atoms with Gasteiger partial charge in [0.25, 0.3) is 0 Å². The van der Waals surface area contributed by atoms with Crippen LogP contribution in [0, 0.1) is 34.5 Å². The van der Waals surface area contributed by atoms with E-state index in [4.69, 9.17) is 0 Å². The second kappa shape index (κ2) is 24.5. The summed E-state index contributed by atoms with van der Waals surface area (Å²) < 4.78 is 0. The lowest BCUT2D eigenvalue weighted by atomic mass is 9.70. The van der Waals surface area contributed by atoms with Gasteiger partial charge in [0.15, 0.2) is 0 Å². The molecule has 5 unspecified atom stereocenters. The topological polar surface area (TPSA) is 87.3 Å². The van der Waals surface area contributed by atoms with Crippen LogP contribution in [0.25, 0.3) is 0 Å². The van der Waals surface area contributed by atoms with Gasteiger partial charge >= 0.3 is 0 Å². The Kier molecular flexibility index (Phi) is 21.8. The van der Waals surface area contributed by atoms with Crippen LogP contribution in [0.3, 0.4) is 0 Å². The van der Waals surface area contributed by atoms with E-state index in [-0.39, 0.29) is 23.6 Å². The summed E-state index contributed by atoms with van der Waals surface area (Å²) in [5, 5.41) is 9.03. The maximum Gasteiger partial charge on any atom is 0.242 e. The van der Waals surface area contributed by atoms with Crippen molar-refractivity contribution in [3.63, 3.8) is 0 Å². The Labute approximate surface area is 334 Å². The molecule has 3 amide bonds. The first kappa shape index (κ1) is 48.0. The van der Waals surface area contributed by atoms with Gasteiger partial charge in [0.2, 0.25) is 17.7 Å². The third-order valence-electron chi connectivity index (χ3n) is 13.2. The highest BCUT2D eigenvalue weighted by Gasteiger charge is 2.29. The van der Waals surface area contributed by atoms with Crippen LogP contribution in [0.5, 0.6) is 0 Å². The van der Waals surface area contributed by atoms with Crippen LogP contribution in [-0.4, -0.2) is 36.9 Å². The summed E-state index contributed by atoms with van der Waals surface area (Å²) in [4.78, 5) is 38.5. The summed E-state index contributed by atoms with van der Waals surface area (Å²) in [6.45, 7) is 26.6. The van der Waals surface area contributed by atoms with Crippen molar-refractivity contribution in [2.45, 2.75) is 217 Å². The van der Waals surface area contributed by atoms with E-state index < -0.39 is 6.04 Å². The van der Waals surface area contributed by atoms with E-state index in [0.29, 0.717) is 55.0 Å². The lowest BCUT2D eigenvalue weighted by Gasteiger charge is -2.35. The lowest BCUT2D eigenvalue weighted by Crippen LogP contribution is -2.47. The van der Waals surface area contributed by atoms with Crippen LogP contribution in [0.1, 0.15) is 211 Å². The molecule has 2 rings (SSSR count). The number of unbranched alkanes of at least 4 members (excludes halogenated alkanes) is 1. The van der Waals surface area contributed by atoms with Crippen LogP contribution in [0.2, 0.25) is 0 Å². The van der Waals surface area contributed by atoms with E-state index >= 15 is 0 Å². The smallest absolute Gasteiger partial charge is 0.242 e. The van der Waals surface area contributed by atoms with Crippen molar-refractivity contribution in [2.75, 3.05) is 13.1 Å². The second-order valence-electron chi connectivity index (χ2n) is 19.6. The fraction of sp³-hybridized carbons (Fsp3) is 0.854. The first-order valence-electron chi connectivity index (χ1n) is 22.7. The molecule has 312 valence electrons. The molecule has 0 fully saturated rings. The van der Waals surface area contributed by atoms with Crippen molar-refractivity contribution in [3.05, 3.63) is 22.3 Å². The monoisotopic (exact) mass is 754 g/mol. The van der Waals surface area contributed by atoms with E-state index in [1.54, 1.807) is 22.3 Å². The van der Waals surface area contributed by atoms with Crippen LogP contribution in [0.15, 0.2) is 22.3 Å². The molecule has 0 heterocycles. The molecular weight excluding hydrogens is 667 g/mol. The molecule has 6 heteroatoms. The Bertz CT molecular complexity index is 1210. The molecule has 0 aromatic heterocycles. The quantitative estimate of drug-likeness (QED) is 0.0607. The first-order valence-corrected chi connectivity index (χ1v) is 22.7. The Hall–Kier alpha value is -2.11. The molecule has 2 aliphatic rings. The molecule has 2 aliphatic carbocycles. The molecule has 0 aromatic carbocycles. The maximum absolute atomic E-state index is 13.0. The van der Waals surface area contributed by atoms with E-state index in [2.05, 4.69) is 85.2 Å². The average molecular weight is 754 g/mol. The Morgan fingerprint density at radius 2 is 1.06 bits per heavy atom. The van der Waals surface area contributed by atoms with Crippen molar-refractivity contribution in [3.8, 4) is 0 Å². The van der Waals surface area contributed by atoms with Crippen molar-refractivity contribution >= 4 is 17.7 Å². The van der Waals surface area contributed by atoms with E-state index in [1.807, 2.05) is 6.92 Å². The largest absolute Gasteiger partial charge is 0.356 e. The number of likely N-dealkylation sites (N-methyl/N-ethyl adjacent to an activating group) is 1. The molecule has 5 atom stereocenters. The van der Waals surface area contributed by atoms with Crippen molar-refractivity contribution in [2.24, 2.45) is 34.5 Å². The van der Waals surface area contributed by atoms with Gasteiger partial charge in [0, 0.05) is 25.9 Å². The molecule has 0 aromatic rings. The van der Waals surface area contributed by atoms with Gasteiger partial charge in [-0.05, 0) is 139 Å². The van der Waals surface area contributed by atoms with Crippen LogP contribution >= 0.6 is 0 Å². The molecule has 0 saturated heterocycles. The standard InChI is InChI=1S/C48H87N3O3/c1-12-49-46(54)43(51-45(53)34-38(5)22-16-20-36(3)27-29-42-40(7)24-18-31-48(42,10)11)25-13-14-32-50-44(52)33-37(4)21-15-19-35(2)26-28-41-39(6)23-17-30-47(41,8)9/h35-38,43H,12-34H2,1-11H3,(H,49,54)(H,50,52)(H,51,53). The number of rotatable bonds is 26. The summed E-state index contributed by atoms with van der Waals surface area (Å²) >= 11 is 0. The predicted molar refractivity (Wildman–Crippen MR) is 230 cm³/mol. The molecule has 0 spiro atoms. The predicted octanol–water partition coefficient (Wildman–Crippen LogP) is 12.2. The third-order valence-corrected chi connectivity index (χ3v) is 13.2. The average Bonchev–Trinajstić information content (AvgIpc) is 3.06. The van der Waals surface area contributed by atoms with Crippen LogP contribution < -0.4 is 16.0 Å². The molecule has 0 bridgehead atoms. The fourth-order valence-electron chi connectivity index (χ4n) is 9.58. The lowest BCUT2D eigenvalue weighted by molar-refractivity contribution is -0.129. The highest BCUT2D eigenvalue weighted by molar-refractivity contribution is 5.87. The Morgan fingerprint density at radius 3 is 1.52 bits per heavy atom. The number of carbonyl (C=O) groups is 3. The Morgan fingerprint density at radius 1 is 0.593 bits per heavy atom. The first-order chi connectivity index (χ1) is 25.4. The molecule has 54 heavy (non-hydrogen) atoms. The number of hydrogen-bond acceptors (Lipinski definition) is 3. The SMILES string of the molecule is CCNC(=O)C(CCCCNC(=O)CC(C)CCCC(C)CCC1=C(C)CCCC1(C)C)NC(=O)CC(C)CCCC(C)CCC1=C(C)CCCC1(C)C. The van der Waals surface area contributed by atoms with Crippen molar-refractivity contribution < 1.29 is 14.4 Å². The van der Waals surface area contributed by atoms with Crippen LogP contribution in [-0.2, 0) is 14.4 Å². The molecule has 3 N–H and O–H groups in total. The van der Waals surface area contributed by atoms with E-state index in [9.17, 15) is 14.4 Å². The van der Waals surface area contributed by atoms with Gasteiger partial charge in [-0.3, -0.25) is 14.4 Å². The number of allylic oxidation sites excluding steroid dienone is 4. The zero-order valence-electron chi connectivity index (χ0n) is 37.4. The molecule has 6 nitrogen and oxygen atoms in total. The van der Waals surface area contributed by atoms with Gasteiger partial charge in [-0.2, -0.15) is 0 Å². The van der Waals surface area contributed by atoms with Gasteiger partial charge in [0.1, 0.15) is 6.04 Å². The minimum Gasteiger partial charge on any atom is -0.356 e. The maximum atomic E-state index is 13.0. The van der Waals surface area contributed by atoms with Gasteiger partial charge in [0.05, 0.1) is 0 Å². The third kappa shape index (κ3) is 18.2. The fourth-order valence-corrected chi connectivity index (χ4v) is 9.58. The molecule has 0 radical (unpaired) electrons. The minimum atomic E-state index is -0.528. The normalized spacial score (nSPS) is 19.8. The number of nitrogens with one attached hydrogen (secondary N) is 3. The van der Waals surface area contributed by atoms with Crippen LogP contribution in [0.4, 0.5) is 0 Å². The minimum absolute atomic E-state index is 0.0360. The van der Waals surface area contributed by atoms with Crippen molar-refractivity contribution in [1.29, 1.82) is 0 Å². The van der Waals surface area contributed by atoms with E-state index in [0.717, 1.165) is 38.0 Å². The zero-order valence-corrected chi connectivity index (χ0v) is 37.4. The van der Waals surface area contributed by atoms with Crippen molar-refractivity contribution in [1.82, 2.24) is 16.0 Å². The van der Waals surface area contributed by atoms with E-state index in [1.165, 1.54) is 83.5 Å². The van der Waals surface area contributed by atoms with Gasteiger partial charge in [-0.25, -0.2) is 0 Å². The molecular formula is C48H87N3O3. The van der Waals surface area contributed by atoms with Gasteiger partial charge in [-0.1, -0.05) is 116 Å². The highest BCUT2D eigenvalue weighted by atomic mass is 16.2. The summed E-state index contributed by atoms with van der Waals surface area (Å²) in [6.07, 6.45) is 22.8. The number of carbonyl (C=O) groups excluding carboxylic acids is 3. The summed E-state index contributed by atoms with van der Waals surface area (Å²) in [5.74, 6) is 2.04. The van der Waals surface area contributed by atoms with Gasteiger partial charge < -0.3 is 16.0 Å². The summed E-state index contributed by atoms with van der Waals surface area (Å²) in [6, 6.07) is -0.528. The van der Waals surface area contributed by atoms with Gasteiger partial charge in [-0.15, -0.1) is 0 Å². The molecule has 0 saturated carbocycles. The summed E-state index contributed by atoms with van der Waals surface area (Å²) in [5.41, 5.74) is 7.39. The zero-order chi connectivity index (χ0) is 40.3. The summed E-state index contributed by atoms with van der Waals surface area (Å²) in [7, 11) is 0. The number of amides is 3. The second-order valence-corrected chi connectivity index (χ2v) is 19.6. The highest BCUT2D eigenvalue weighted by Crippen LogP contribution is 2.44.